The first-order valence-electron chi connectivity index (χ1n) is 8.04. The van der Waals surface area contributed by atoms with Gasteiger partial charge in [-0.1, -0.05) is 24.3 Å². The number of ether oxygens (including phenoxy) is 1. The van der Waals surface area contributed by atoms with Gasteiger partial charge in [0, 0.05) is 6.54 Å². The van der Waals surface area contributed by atoms with Gasteiger partial charge in [-0.05, 0) is 58.6 Å². The number of hydrogen-bond donors (Lipinski definition) is 1. The van der Waals surface area contributed by atoms with Crippen LogP contribution in [0.2, 0.25) is 0 Å². The SMILES string of the molecule is CCOc1ccc(S(=O)(=O)NCc2ccccc2-c2ccsc2)cc1F. The minimum atomic E-state index is -3.84. The molecule has 136 valence electrons. The van der Waals surface area contributed by atoms with Crippen molar-refractivity contribution in [1.82, 2.24) is 4.72 Å². The molecule has 0 aliphatic carbocycles. The Morgan fingerprint density at radius 2 is 1.96 bits per heavy atom. The van der Waals surface area contributed by atoms with Crippen LogP contribution in [0.1, 0.15) is 12.5 Å². The molecule has 1 aromatic heterocycles. The summed E-state index contributed by atoms with van der Waals surface area (Å²) in [6, 6.07) is 13.2. The molecule has 0 spiro atoms. The van der Waals surface area contributed by atoms with Crippen LogP contribution in [0.3, 0.4) is 0 Å². The molecule has 0 radical (unpaired) electrons. The molecule has 4 nitrogen and oxygen atoms in total. The fraction of sp³-hybridized carbons (Fsp3) is 0.158. The molecular formula is C19H18FNO3S2. The number of sulfonamides is 1. The van der Waals surface area contributed by atoms with E-state index in [-0.39, 0.29) is 17.2 Å². The Labute approximate surface area is 156 Å². The molecule has 26 heavy (non-hydrogen) atoms. The number of benzene rings is 2. The lowest BCUT2D eigenvalue weighted by Crippen LogP contribution is -2.23. The lowest BCUT2D eigenvalue weighted by atomic mass is 10.0. The molecule has 1 N–H and O–H groups in total. The molecule has 0 unspecified atom stereocenters. The summed E-state index contributed by atoms with van der Waals surface area (Å²) in [5.41, 5.74) is 2.85. The first-order chi connectivity index (χ1) is 12.5. The van der Waals surface area contributed by atoms with Gasteiger partial charge in [0.2, 0.25) is 10.0 Å². The number of nitrogens with one attached hydrogen (secondary N) is 1. The molecule has 3 rings (SSSR count). The third-order valence-corrected chi connectivity index (χ3v) is 5.90. The van der Waals surface area contributed by atoms with Gasteiger partial charge in [0.15, 0.2) is 11.6 Å². The fourth-order valence-corrected chi connectivity index (χ4v) is 4.23. The maximum atomic E-state index is 14.0. The Bertz CT molecular complexity index is 986. The maximum Gasteiger partial charge on any atom is 0.240 e. The molecule has 0 aliphatic heterocycles. The van der Waals surface area contributed by atoms with Crippen LogP contribution in [0, 0.1) is 5.82 Å². The van der Waals surface area contributed by atoms with Crippen LogP contribution in [0.25, 0.3) is 11.1 Å². The molecule has 0 amide bonds. The van der Waals surface area contributed by atoms with Crippen LogP contribution in [0.5, 0.6) is 5.75 Å². The summed E-state index contributed by atoms with van der Waals surface area (Å²) in [4.78, 5) is -0.133. The van der Waals surface area contributed by atoms with Crippen molar-refractivity contribution in [2.24, 2.45) is 0 Å². The zero-order valence-electron chi connectivity index (χ0n) is 14.1. The van der Waals surface area contributed by atoms with Gasteiger partial charge in [0.25, 0.3) is 0 Å². The molecule has 0 aliphatic rings. The molecular weight excluding hydrogens is 373 g/mol. The van der Waals surface area contributed by atoms with Crippen LogP contribution in [0.15, 0.2) is 64.2 Å². The van der Waals surface area contributed by atoms with Gasteiger partial charge in [0.05, 0.1) is 11.5 Å². The number of rotatable bonds is 7. The highest BCUT2D eigenvalue weighted by atomic mass is 32.2. The summed E-state index contributed by atoms with van der Waals surface area (Å²) >= 11 is 1.58. The summed E-state index contributed by atoms with van der Waals surface area (Å²) in [5.74, 6) is -0.664. The standard InChI is InChI=1S/C19H18FNO3S2/c1-2-24-19-8-7-16(11-18(19)20)26(22,23)21-12-14-5-3-4-6-17(14)15-9-10-25-13-15/h3-11,13,21H,2,12H2,1H3. The summed E-state index contributed by atoms with van der Waals surface area (Å²) in [6.45, 7) is 2.15. The van der Waals surface area contributed by atoms with Gasteiger partial charge in [0.1, 0.15) is 0 Å². The first kappa shape index (κ1) is 18.6. The number of hydrogen-bond acceptors (Lipinski definition) is 4. The van der Waals surface area contributed by atoms with Crippen molar-refractivity contribution in [2.45, 2.75) is 18.4 Å². The zero-order chi connectivity index (χ0) is 18.6. The van der Waals surface area contributed by atoms with E-state index < -0.39 is 15.8 Å². The van der Waals surface area contributed by atoms with Crippen molar-refractivity contribution >= 4 is 21.4 Å². The smallest absolute Gasteiger partial charge is 0.240 e. The predicted octanol–water partition coefficient (Wildman–Crippen LogP) is 4.43. The molecule has 3 aromatic rings. The van der Waals surface area contributed by atoms with Gasteiger partial charge in [-0.2, -0.15) is 11.3 Å². The Hall–Kier alpha value is -2.22. The van der Waals surface area contributed by atoms with Crippen LogP contribution in [0.4, 0.5) is 4.39 Å². The van der Waals surface area contributed by atoms with Crippen LogP contribution >= 0.6 is 11.3 Å². The molecule has 1 heterocycles. The van der Waals surface area contributed by atoms with E-state index in [4.69, 9.17) is 4.74 Å². The largest absolute Gasteiger partial charge is 0.491 e. The van der Waals surface area contributed by atoms with E-state index in [1.54, 1.807) is 18.3 Å². The second-order valence-corrected chi connectivity index (χ2v) is 8.07. The third-order valence-electron chi connectivity index (χ3n) is 3.82. The van der Waals surface area contributed by atoms with Crippen molar-refractivity contribution in [3.8, 4) is 16.9 Å². The van der Waals surface area contributed by atoms with E-state index in [0.29, 0.717) is 6.61 Å². The quantitative estimate of drug-likeness (QED) is 0.648. The third kappa shape index (κ3) is 4.12. The Morgan fingerprint density at radius 1 is 1.15 bits per heavy atom. The average Bonchev–Trinajstić information content (AvgIpc) is 3.16. The highest BCUT2D eigenvalue weighted by Gasteiger charge is 2.17. The predicted molar refractivity (Wildman–Crippen MR) is 101 cm³/mol. The fourth-order valence-electron chi connectivity index (χ4n) is 2.55. The lowest BCUT2D eigenvalue weighted by molar-refractivity contribution is 0.321. The molecule has 0 saturated carbocycles. The van der Waals surface area contributed by atoms with Crippen LogP contribution < -0.4 is 9.46 Å². The van der Waals surface area contributed by atoms with E-state index in [9.17, 15) is 12.8 Å². The van der Waals surface area contributed by atoms with Gasteiger partial charge in [-0.3, -0.25) is 0 Å². The van der Waals surface area contributed by atoms with Gasteiger partial charge >= 0.3 is 0 Å². The summed E-state index contributed by atoms with van der Waals surface area (Å²) in [7, 11) is -3.84. The van der Waals surface area contributed by atoms with E-state index in [1.807, 2.05) is 41.1 Å². The highest BCUT2D eigenvalue weighted by molar-refractivity contribution is 7.89. The van der Waals surface area contributed by atoms with Gasteiger partial charge in [-0.25, -0.2) is 17.5 Å². The molecule has 0 saturated heterocycles. The first-order valence-corrected chi connectivity index (χ1v) is 10.5. The zero-order valence-corrected chi connectivity index (χ0v) is 15.7. The van der Waals surface area contributed by atoms with E-state index in [2.05, 4.69) is 4.72 Å². The minimum absolute atomic E-state index is 0.0363. The number of halogens is 1. The Kier molecular flexibility index (Phi) is 5.70. The second-order valence-electron chi connectivity index (χ2n) is 5.52. The van der Waals surface area contributed by atoms with Crippen molar-refractivity contribution in [1.29, 1.82) is 0 Å². The topological polar surface area (TPSA) is 55.4 Å². The Balaban J connectivity index is 1.81. The minimum Gasteiger partial charge on any atom is -0.491 e. The maximum absolute atomic E-state index is 14.0. The number of thiophene rings is 1. The lowest BCUT2D eigenvalue weighted by Gasteiger charge is -2.11. The van der Waals surface area contributed by atoms with Crippen LogP contribution in [-0.2, 0) is 16.6 Å². The van der Waals surface area contributed by atoms with Crippen molar-refractivity contribution < 1.29 is 17.5 Å². The second kappa shape index (κ2) is 7.99. The molecule has 0 fully saturated rings. The average molecular weight is 391 g/mol. The van der Waals surface area contributed by atoms with Crippen molar-refractivity contribution in [3.05, 3.63) is 70.7 Å². The van der Waals surface area contributed by atoms with Crippen molar-refractivity contribution in [3.63, 3.8) is 0 Å². The highest BCUT2D eigenvalue weighted by Crippen LogP contribution is 2.26. The molecule has 7 heteroatoms. The molecule has 0 bridgehead atoms. The van der Waals surface area contributed by atoms with Gasteiger partial charge in [-0.15, -0.1) is 0 Å². The summed E-state index contributed by atoms with van der Waals surface area (Å²) in [5, 5.41) is 3.98. The van der Waals surface area contributed by atoms with Gasteiger partial charge < -0.3 is 4.74 Å². The van der Waals surface area contributed by atoms with E-state index in [0.717, 1.165) is 22.8 Å². The monoisotopic (exact) mass is 391 g/mol. The van der Waals surface area contributed by atoms with E-state index in [1.165, 1.54) is 12.1 Å². The van der Waals surface area contributed by atoms with E-state index >= 15 is 0 Å². The Morgan fingerprint density at radius 3 is 2.65 bits per heavy atom. The van der Waals surface area contributed by atoms with Crippen LogP contribution in [-0.4, -0.2) is 15.0 Å². The molecule has 2 aromatic carbocycles. The normalized spacial score (nSPS) is 11.5. The summed E-state index contributed by atoms with van der Waals surface area (Å²) in [6.07, 6.45) is 0. The summed E-state index contributed by atoms with van der Waals surface area (Å²) < 4.78 is 46.6. The molecule has 0 atom stereocenters. The van der Waals surface area contributed by atoms with Crippen molar-refractivity contribution in [2.75, 3.05) is 6.61 Å².